The average molecular weight is 583 g/mol. The van der Waals surface area contributed by atoms with Crippen LogP contribution in [0.1, 0.15) is 12.8 Å². The number of hydrogen-bond acceptors (Lipinski definition) is 8. The third-order valence-electron chi connectivity index (χ3n) is 5.73. The first-order chi connectivity index (χ1) is 19.9. The summed E-state index contributed by atoms with van der Waals surface area (Å²) in [4.78, 5) is 42.2. The van der Waals surface area contributed by atoms with E-state index in [0.29, 0.717) is 11.4 Å². The fourth-order valence-corrected chi connectivity index (χ4v) is 4.19. The fourth-order valence-electron chi connectivity index (χ4n) is 4.19. The third kappa shape index (κ3) is 9.07. The van der Waals surface area contributed by atoms with Gasteiger partial charge in [-0.3, -0.25) is 10.6 Å². The molecule has 2 aromatic rings. The van der Waals surface area contributed by atoms with Crippen molar-refractivity contribution in [2.24, 2.45) is 65.8 Å². The minimum absolute atomic E-state index is 0.0564. The Labute approximate surface area is 240 Å². The molecule has 18 N–H and O–H groups in total. The highest BCUT2D eigenvalue weighted by molar-refractivity contribution is 5.92. The Morgan fingerprint density at radius 1 is 0.595 bits per heavy atom. The van der Waals surface area contributed by atoms with Crippen LogP contribution in [0, 0.1) is 0 Å². The maximum Gasteiger partial charge on any atom is 0.412 e. The van der Waals surface area contributed by atoms with Gasteiger partial charge >= 0.3 is 12.2 Å². The van der Waals surface area contributed by atoms with Crippen molar-refractivity contribution in [3.05, 3.63) is 48.5 Å². The summed E-state index contributed by atoms with van der Waals surface area (Å²) in [5.74, 6) is -0.932. The number of guanidine groups is 4. The van der Waals surface area contributed by atoms with Crippen LogP contribution in [-0.4, -0.2) is 60.3 Å². The second-order valence-electron chi connectivity index (χ2n) is 8.96. The first-order valence-electron chi connectivity index (χ1n) is 12.4. The van der Waals surface area contributed by atoms with Gasteiger partial charge in [0.1, 0.15) is 12.2 Å². The lowest BCUT2D eigenvalue weighted by molar-refractivity contribution is 0.000156. The molecule has 4 atom stereocenters. The summed E-state index contributed by atoms with van der Waals surface area (Å²) >= 11 is 0. The number of para-hydroxylation sites is 4. The lowest BCUT2D eigenvalue weighted by Gasteiger charge is -2.37. The van der Waals surface area contributed by atoms with Crippen LogP contribution in [0.3, 0.4) is 0 Å². The van der Waals surface area contributed by atoms with Crippen LogP contribution in [0.25, 0.3) is 0 Å². The molecule has 18 heteroatoms. The van der Waals surface area contributed by atoms with Crippen molar-refractivity contribution in [2.45, 2.75) is 37.1 Å². The maximum atomic E-state index is 12.9. The van der Waals surface area contributed by atoms with Crippen molar-refractivity contribution in [3.63, 3.8) is 0 Å². The molecular formula is C24H34N14O4. The molecule has 1 aliphatic rings. The number of hydrogen-bond donors (Lipinski definition) is 10. The van der Waals surface area contributed by atoms with Crippen molar-refractivity contribution in [3.8, 4) is 0 Å². The van der Waals surface area contributed by atoms with Crippen molar-refractivity contribution in [2.75, 3.05) is 10.6 Å². The first kappa shape index (κ1) is 30.6. The van der Waals surface area contributed by atoms with E-state index in [1.54, 1.807) is 48.5 Å². The second kappa shape index (κ2) is 13.9. The summed E-state index contributed by atoms with van der Waals surface area (Å²) in [7, 11) is 0. The minimum Gasteiger partial charge on any atom is -0.444 e. The van der Waals surface area contributed by atoms with Gasteiger partial charge in [-0.25, -0.2) is 29.6 Å². The van der Waals surface area contributed by atoms with Gasteiger partial charge in [0, 0.05) is 6.42 Å². The van der Waals surface area contributed by atoms with Gasteiger partial charge in [-0.15, -0.1) is 0 Å². The van der Waals surface area contributed by atoms with Gasteiger partial charge in [0.15, 0.2) is 23.8 Å². The zero-order valence-electron chi connectivity index (χ0n) is 22.4. The van der Waals surface area contributed by atoms with Gasteiger partial charge < -0.3 is 55.3 Å². The summed E-state index contributed by atoms with van der Waals surface area (Å²) < 4.78 is 11.3. The molecule has 42 heavy (non-hydrogen) atoms. The Hall–Kier alpha value is -5.94. The maximum absolute atomic E-state index is 12.9. The Morgan fingerprint density at radius 2 is 0.976 bits per heavy atom. The first-order valence-corrected chi connectivity index (χ1v) is 12.4. The number of nitrogens with two attached hydrogens (primary N) is 8. The van der Waals surface area contributed by atoms with E-state index >= 15 is 0 Å². The molecule has 0 spiro atoms. The molecular weight excluding hydrogens is 548 g/mol. The molecule has 0 unspecified atom stereocenters. The lowest BCUT2D eigenvalue weighted by Crippen LogP contribution is -2.49. The zero-order valence-corrected chi connectivity index (χ0v) is 22.4. The van der Waals surface area contributed by atoms with Gasteiger partial charge in [-0.05, 0) is 30.7 Å². The Balaban J connectivity index is 1.83. The summed E-state index contributed by atoms with van der Waals surface area (Å²) in [5, 5.41) is 5.16. The SMILES string of the molecule is NC(N)=Nc1ccccc1NC(=O)O[C@H]1C[C@@H](OC(=O)Nc2ccccc2N=C(N)N)[C@H](N=C(N)N)C[C@@H]1N=C(N)N. The topological polar surface area (TPSA) is 334 Å². The van der Waals surface area contributed by atoms with Gasteiger partial charge in [0.25, 0.3) is 0 Å². The predicted molar refractivity (Wildman–Crippen MR) is 160 cm³/mol. The van der Waals surface area contributed by atoms with Crippen LogP contribution in [0.15, 0.2) is 68.5 Å². The molecule has 0 saturated heterocycles. The molecule has 0 aromatic heterocycles. The summed E-state index contributed by atoms with van der Waals surface area (Å²) in [6.45, 7) is 0. The highest BCUT2D eigenvalue weighted by atomic mass is 16.6. The van der Waals surface area contributed by atoms with E-state index in [2.05, 4.69) is 30.6 Å². The van der Waals surface area contributed by atoms with E-state index in [9.17, 15) is 9.59 Å². The van der Waals surface area contributed by atoms with E-state index < -0.39 is 36.5 Å². The van der Waals surface area contributed by atoms with Gasteiger partial charge in [0.2, 0.25) is 0 Å². The predicted octanol–water partition coefficient (Wildman–Crippen LogP) is -0.891. The molecule has 2 amide bonds. The minimum atomic E-state index is -0.973. The number of carbonyl (C=O) groups excluding carboxylic acids is 2. The lowest BCUT2D eigenvalue weighted by atomic mass is 9.86. The molecule has 3 rings (SSSR count). The molecule has 0 aliphatic heterocycles. The summed E-state index contributed by atoms with van der Waals surface area (Å²) in [5.41, 5.74) is 45.5. The van der Waals surface area contributed by atoms with Crippen LogP contribution in [0.5, 0.6) is 0 Å². The average Bonchev–Trinajstić information content (AvgIpc) is 2.87. The Bertz CT molecular complexity index is 1290. The molecule has 1 fully saturated rings. The third-order valence-corrected chi connectivity index (χ3v) is 5.73. The van der Waals surface area contributed by atoms with E-state index in [-0.39, 0.29) is 48.1 Å². The standard InChI is InChI=1S/C24H34N14O4/c25-19(26)33-11-5-1-3-7-13(11)37-23(39)41-17-10-18(16(36-22(31)32)9-15(17)35-21(29)30)42-24(40)38-14-8-4-2-6-12(14)34-20(27)28/h1-8,15-18H,9-10H2,(H,37,39)(H,38,40)(H4,25,26,33)(H4,27,28,34)(H4,29,30,35)(H4,31,32,36)/t15-,16+,17-,18+. The van der Waals surface area contributed by atoms with Gasteiger partial charge in [-0.1, -0.05) is 24.3 Å². The van der Waals surface area contributed by atoms with Crippen molar-refractivity contribution in [1.29, 1.82) is 0 Å². The monoisotopic (exact) mass is 582 g/mol. The van der Waals surface area contributed by atoms with Gasteiger partial charge in [-0.2, -0.15) is 0 Å². The van der Waals surface area contributed by atoms with Crippen molar-refractivity contribution >= 4 is 58.8 Å². The zero-order chi connectivity index (χ0) is 30.8. The molecule has 0 heterocycles. The smallest absolute Gasteiger partial charge is 0.412 e. The van der Waals surface area contributed by atoms with Crippen LogP contribution in [-0.2, 0) is 9.47 Å². The van der Waals surface area contributed by atoms with Crippen molar-refractivity contribution < 1.29 is 19.1 Å². The molecule has 0 radical (unpaired) electrons. The molecule has 1 saturated carbocycles. The number of anilines is 2. The van der Waals surface area contributed by atoms with Crippen LogP contribution < -0.4 is 56.5 Å². The second-order valence-corrected chi connectivity index (χ2v) is 8.96. The molecule has 18 nitrogen and oxygen atoms in total. The Morgan fingerprint density at radius 3 is 1.33 bits per heavy atom. The summed E-state index contributed by atoms with van der Waals surface area (Å²) in [6.07, 6.45) is -3.71. The van der Waals surface area contributed by atoms with E-state index in [1.165, 1.54) is 0 Å². The number of nitrogens with zero attached hydrogens (tertiary/aromatic N) is 4. The fraction of sp³-hybridized carbons (Fsp3) is 0.250. The highest BCUT2D eigenvalue weighted by Crippen LogP contribution is 2.31. The quantitative estimate of drug-likeness (QED) is 0.134. The van der Waals surface area contributed by atoms with E-state index in [0.717, 1.165) is 0 Å². The number of ether oxygens (including phenoxy) is 2. The molecule has 224 valence electrons. The number of nitrogens with one attached hydrogen (secondary N) is 2. The largest absolute Gasteiger partial charge is 0.444 e. The van der Waals surface area contributed by atoms with Crippen LogP contribution in [0.2, 0.25) is 0 Å². The molecule has 2 aromatic carbocycles. The van der Waals surface area contributed by atoms with Crippen molar-refractivity contribution in [1.82, 2.24) is 0 Å². The normalized spacial score (nSPS) is 19.2. The molecule has 1 aliphatic carbocycles. The van der Waals surface area contributed by atoms with E-state index in [1.807, 2.05) is 0 Å². The van der Waals surface area contributed by atoms with Crippen LogP contribution in [0.4, 0.5) is 32.3 Å². The van der Waals surface area contributed by atoms with Crippen LogP contribution >= 0.6 is 0 Å². The molecule has 0 bridgehead atoms. The summed E-state index contributed by atoms with van der Waals surface area (Å²) in [6, 6.07) is 11.4. The number of aliphatic imine (C=N–C) groups is 4. The van der Waals surface area contributed by atoms with E-state index in [4.69, 9.17) is 55.3 Å². The number of amides is 2. The number of benzene rings is 2. The number of rotatable bonds is 8. The Kier molecular flexibility index (Phi) is 10.1. The van der Waals surface area contributed by atoms with Gasteiger partial charge in [0.05, 0.1) is 34.8 Å². The number of carbonyl (C=O) groups is 2. The highest BCUT2D eigenvalue weighted by Gasteiger charge is 2.42.